The Morgan fingerprint density at radius 3 is 2.65 bits per heavy atom. The maximum absolute atomic E-state index is 11.8. The monoisotopic (exact) mass is 270 g/mol. The number of nitrogens with zero attached hydrogens (tertiary/aromatic N) is 2. The number of anilines is 1. The fourth-order valence-electron chi connectivity index (χ4n) is 1.72. The van der Waals surface area contributed by atoms with Crippen molar-refractivity contribution in [3.8, 4) is 0 Å². The molecule has 1 aromatic carbocycles. The lowest BCUT2D eigenvalue weighted by Crippen LogP contribution is -2.28. The summed E-state index contributed by atoms with van der Waals surface area (Å²) in [7, 11) is 0. The Morgan fingerprint density at radius 1 is 1.15 bits per heavy atom. The molecule has 0 atom stereocenters. The minimum Gasteiger partial charge on any atom is -0.332 e. The predicted molar refractivity (Wildman–Crippen MR) is 78.5 cm³/mol. The van der Waals surface area contributed by atoms with Crippen LogP contribution in [0.2, 0.25) is 0 Å². The smallest absolute Gasteiger partial charge is 0.319 e. The molecule has 2 rings (SSSR count). The van der Waals surface area contributed by atoms with Gasteiger partial charge in [0.15, 0.2) is 0 Å². The molecule has 20 heavy (non-hydrogen) atoms. The van der Waals surface area contributed by atoms with Crippen molar-refractivity contribution in [2.45, 2.75) is 27.3 Å². The Morgan fingerprint density at radius 2 is 1.95 bits per heavy atom. The van der Waals surface area contributed by atoms with Crippen LogP contribution in [0.15, 0.2) is 30.6 Å². The van der Waals surface area contributed by atoms with Crippen molar-refractivity contribution in [1.82, 2.24) is 15.3 Å². The number of benzene rings is 1. The molecule has 1 aromatic heterocycles. The van der Waals surface area contributed by atoms with E-state index in [4.69, 9.17) is 0 Å². The van der Waals surface area contributed by atoms with Gasteiger partial charge in [-0.05, 0) is 38.0 Å². The highest BCUT2D eigenvalue weighted by Gasteiger charge is 2.05. The van der Waals surface area contributed by atoms with Gasteiger partial charge in [0, 0.05) is 11.9 Å². The van der Waals surface area contributed by atoms with E-state index in [1.54, 1.807) is 12.4 Å². The molecule has 0 aliphatic carbocycles. The number of aromatic nitrogens is 2. The molecule has 5 nitrogen and oxygen atoms in total. The van der Waals surface area contributed by atoms with Crippen LogP contribution in [0, 0.1) is 20.8 Å². The van der Waals surface area contributed by atoms with Crippen LogP contribution in [-0.4, -0.2) is 16.0 Å². The number of urea groups is 1. The Balaban J connectivity index is 1.92. The van der Waals surface area contributed by atoms with Gasteiger partial charge in [-0.1, -0.05) is 12.1 Å². The van der Waals surface area contributed by atoms with E-state index in [1.807, 2.05) is 39.0 Å². The zero-order chi connectivity index (χ0) is 14.5. The number of carbonyl (C=O) groups excluding carboxylic acids is 1. The summed E-state index contributed by atoms with van der Waals surface area (Å²) in [6, 6.07) is 5.69. The van der Waals surface area contributed by atoms with Gasteiger partial charge in [-0.2, -0.15) is 0 Å². The van der Waals surface area contributed by atoms with Gasteiger partial charge in [-0.3, -0.25) is 9.97 Å². The van der Waals surface area contributed by atoms with Crippen LogP contribution in [-0.2, 0) is 6.54 Å². The van der Waals surface area contributed by atoms with Crippen LogP contribution >= 0.6 is 0 Å². The number of hydrogen-bond acceptors (Lipinski definition) is 3. The normalized spacial score (nSPS) is 10.2. The van der Waals surface area contributed by atoms with E-state index < -0.39 is 0 Å². The van der Waals surface area contributed by atoms with Crippen LogP contribution in [0.1, 0.15) is 22.5 Å². The molecule has 0 fully saturated rings. The van der Waals surface area contributed by atoms with E-state index in [1.165, 1.54) is 0 Å². The molecular formula is C15H18N4O. The molecule has 0 saturated carbocycles. The molecule has 2 N–H and O–H groups in total. The van der Waals surface area contributed by atoms with Gasteiger partial charge in [-0.25, -0.2) is 4.79 Å². The van der Waals surface area contributed by atoms with E-state index in [-0.39, 0.29) is 6.03 Å². The topological polar surface area (TPSA) is 66.9 Å². The fourth-order valence-corrected chi connectivity index (χ4v) is 1.72. The van der Waals surface area contributed by atoms with E-state index in [2.05, 4.69) is 20.6 Å². The molecular weight excluding hydrogens is 252 g/mol. The van der Waals surface area contributed by atoms with E-state index in [0.717, 1.165) is 28.2 Å². The Bertz CT molecular complexity index is 608. The lowest BCUT2D eigenvalue weighted by atomic mass is 10.1. The zero-order valence-corrected chi connectivity index (χ0v) is 11.9. The summed E-state index contributed by atoms with van der Waals surface area (Å²) in [6.45, 7) is 6.17. The minimum absolute atomic E-state index is 0.249. The Labute approximate surface area is 118 Å². The first-order valence-electron chi connectivity index (χ1n) is 6.44. The summed E-state index contributed by atoms with van der Waals surface area (Å²) in [5.74, 6) is 0. The van der Waals surface area contributed by atoms with Crippen LogP contribution in [0.3, 0.4) is 0 Å². The summed E-state index contributed by atoms with van der Waals surface area (Å²) < 4.78 is 0. The zero-order valence-electron chi connectivity index (χ0n) is 11.9. The summed E-state index contributed by atoms with van der Waals surface area (Å²) >= 11 is 0. The third kappa shape index (κ3) is 3.78. The predicted octanol–water partition coefficient (Wildman–Crippen LogP) is 2.72. The van der Waals surface area contributed by atoms with Gasteiger partial charge in [0.05, 0.1) is 24.1 Å². The van der Waals surface area contributed by atoms with Crippen molar-refractivity contribution in [2.75, 3.05) is 5.32 Å². The van der Waals surface area contributed by atoms with Crippen molar-refractivity contribution < 1.29 is 4.79 Å². The number of nitrogens with one attached hydrogen (secondary N) is 2. The molecule has 2 amide bonds. The molecule has 0 radical (unpaired) electrons. The van der Waals surface area contributed by atoms with Gasteiger partial charge in [0.1, 0.15) is 0 Å². The maximum Gasteiger partial charge on any atom is 0.319 e. The highest BCUT2D eigenvalue weighted by atomic mass is 16.2. The Kier molecular flexibility index (Phi) is 4.30. The molecule has 1 heterocycles. The highest BCUT2D eigenvalue weighted by molar-refractivity contribution is 5.90. The fraction of sp³-hybridized carbons (Fsp3) is 0.267. The molecule has 0 unspecified atom stereocenters. The molecule has 0 bridgehead atoms. The molecule has 5 heteroatoms. The largest absolute Gasteiger partial charge is 0.332 e. The van der Waals surface area contributed by atoms with Gasteiger partial charge < -0.3 is 10.6 Å². The second kappa shape index (κ2) is 6.14. The molecule has 104 valence electrons. The van der Waals surface area contributed by atoms with E-state index >= 15 is 0 Å². The number of rotatable bonds is 3. The average Bonchev–Trinajstić information content (AvgIpc) is 2.42. The maximum atomic E-state index is 11.8. The lowest BCUT2D eigenvalue weighted by molar-refractivity contribution is 0.251. The Hall–Kier alpha value is -2.43. The van der Waals surface area contributed by atoms with Crippen molar-refractivity contribution in [3.05, 3.63) is 53.1 Å². The number of aryl methyl sites for hydroxylation is 3. The lowest BCUT2D eigenvalue weighted by Gasteiger charge is -2.10. The summed E-state index contributed by atoms with van der Waals surface area (Å²) in [6.07, 6.45) is 3.34. The average molecular weight is 270 g/mol. The van der Waals surface area contributed by atoms with Gasteiger partial charge in [-0.15, -0.1) is 0 Å². The van der Waals surface area contributed by atoms with Gasteiger partial charge >= 0.3 is 6.03 Å². The van der Waals surface area contributed by atoms with Gasteiger partial charge in [0.2, 0.25) is 0 Å². The molecule has 0 spiro atoms. The SMILES string of the molecule is Cc1ccc(C)c(NC(=O)NCc2cnc(C)cn2)c1. The third-order valence-electron chi connectivity index (χ3n) is 2.91. The molecule has 0 saturated heterocycles. The van der Waals surface area contributed by atoms with Crippen molar-refractivity contribution in [1.29, 1.82) is 0 Å². The highest BCUT2D eigenvalue weighted by Crippen LogP contribution is 2.15. The van der Waals surface area contributed by atoms with Crippen molar-refractivity contribution in [3.63, 3.8) is 0 Å². The number of hydrogen-bond donors (Lipinski definition) is 2. The number of amides is 2. The van der Waals surface area contributed by atoms with E-state index in [0.29, 0.717) is 6.54 Å². The molecule has 0 aliphatic rings. The summed E-state index contributed by atoms with van der Waals surface area (Å²) in [4.78, 5) is 20.2. The quantitative estimate of drug-likeness (QED) is 0.901. The third-order valence-corrected chi connectivity index (χ3v) is 2.91. The molecule has 2 aromatic rings. The standard InChI is InChI=1S/C15H18N4O/c1-10-4-5-11(2)14(6-10)19-15(20)18-9-13-8-16-12(3)7-17-13/h4-8H,9H2,1-3H3,(H2,18,19,20). The first kappa shape index (κ1) is 14.0. The van der Waals surface area contributed by atoms with Crippen LogP contribution in [0.4, 0.5) is 10.5 Å². The first-order valence-corrected chi connectivity index (χ1v) is 6.44. The second-order valence-electron chi connectivity index (χ2n) is 4.78. The second-order valence-corrected chi connectivity index (χ2v) is 4.78. The van der Waals surface area contributed by atoms with E-state index in [9.17, 15) is 4.79 Å². The van der Waals surface area contributed by atoms with Crippen LogP contribution in [0.5, 0.6) is 0 Å². The first-order chi connectivity index (χ1) is 9.54. The minimum atomic E-state index is -0.249. The van der Waals surface area contributed by atoms with Gasteiger partial charge in [0.25, 0.3) is 0 Å². The summed E-state index contributed by atoms with van der Waals surface area (Å²) in [5.41, 5.74) is 4.54. The summed E-state index contributed by atoms with van der Waals surface area (Å²) in [5, 5.41) is 5.60. The van der Waals surface area contributed by atoms with Crippen LogP contribution in [0.25, 0.3) is 0 Å². The van der Waals surface area contributed by atoms with Crippen molar-refractivity contribution in [2.24, 2.45) is 0 Å². The van der Waals surface area contributed by atoms with Crippen LogP contribution < -0.4 is 10.6 Å². The molecule has 0 aliphatic heterocycles. The number of carbonyl (C=O) groups is 1. The van der Waals surface area contributed by atoms with Crippen molar-refractivity contribution >= 4 is 11.7 Å².